The highest BCUT2D eigenvalue weighted by Gasteiger charge is 2.40. The average molecular weight is 319 g/mol. The first-order valence-corrected chi connectivity index (χ1v) is 6.00. The summed E-state index contributed by atoms with van der Waals surface area (Å²) in [6.45, 7) is 0. The molecule has 14 heavy (non-hydrogen) atoms. The highest BCUT2D eigenvalue weighted by Crippen LogP contribution is 2.47. The molecule has 2 nitrogen and oxygen atoms in total. The number of aromatic nitrogens is 1. The molecule has 0 fully saturated rings. The lowest BCUT2D eigenvalue weighted by molar-refractivity contribution is -0.109. The monoisotopic (exact) mass is 317 g/mol. The number of aryl methyl sites for hydroxylation is 1. The summed E-state index contributed by atoms with van der Waals surface area (Å²) >= 11 is 7.07. The van der Waals surface area contributed by atoms with Crippen LogP contribution >= 0.6 is 31.9 Å². The van der Waals surface area contributed by atoms with Crippen LogP contribution in [0.5, 0.6) is 0 Å². The van der Waals surface area contributed by atoms with E-state index in [2.05, 4.69) is 36.8 Å². The van der Waals surface area contributed by atoms with E-state index in [-0.39, 0.29) is 9.15 Å². The molecule has 1 aliphatic carbocycles. The largest absolute Gasteiger partial charge is 0.303 e. The normalized spacial score (nSPS) is 24.0. The van der Waals surface area contributed by atoms with E-state index in [4.69, 9.17) is 0 Å². The summed E-state index contributed by atoms with van der Waals surface area (Å²) in [6.07, 6.45) is 4.53. The fraction of sp³-hybridized carbons (Fsp3) is 0.400. The number of rotatable bonds is 1. The van der Waals surface area contributed by atoms with E-state index in [1.165, 1.54) is 5.56 Å². The van der Waals surface area contributed by atoms with Crippen LogP contribution in [0.2, 0.25) is 0 Å². The molecule has 1 aromatic rings. The number of carbonyl (C=O) groups is 1. The summed E-state index contributed by atoms with van der Waals surface area (Å²) in [6, 6.07) is 3.95. The maximum atomic E-state index is 11.0. The summed E-state index contributed by atoms with van der Waals surface area (Å²) in [5.74, 6) is -0.201. The van der Waals surface area contributed by atoms with Crippen LogP contribution in [0.1, 0.15) is 23.6 Å². The minimum absolute atomic E-state index is 0.201. The summed E-state index contributed by atoms with van der Waals surface area (Å²) in [7, 11) is 0. The van der Waals surface area contributed by atoms with Crippen LogP contribution in [0, 0.1) is 0 Å². The number of nitrogens with zero attached hydrogens (tertiary/aromatic N) is 1. The van der Waals surface area contributed by atoms with E-state index in [0.29, 0.717) is 0 Å². The van der Waals surface area contributed by atoms with Crippen molar-refractivity contribution < 1.29 is 4.79 Å². The molecule has 1 atom stereocenters. The van der Waals surface area contributed by atoms with Gasteiger partial charge in [0.05, 0.1) is 14.8 Å². The van der Waals surface area contributed by atoms with Crippen LogP contribution < -0.4 is 0 Å². The third-order valence-electron chi connectivity index (χ3n) is 2.54. The number of aldehydes is 1. The zero-order chi connectivity index (χ0) is 10.2. The van der Waals surface area contributed by atoms with Crippen molar-refractivity contribution in [2.75, 3.05) is 0 Å². The third-order valence-corrected chi connectivity index (χ3v) is 4.32. The van der Waals surface area contributed by atoms with Crippen molar-refractivity contribution >= 4 is 38.1 Å². The Labute approximate surface area is 99.4 Å². The van der Waals surface area contributed by atoms with Crippen molar-refractivity contribution in [3.05, 3.63) is 29.6 Å². The number of carbonyl (C=O) groups excluding carboxylic acids is 1. The Balaban J connectivity index is 2.50. The van der Waals surface area contributed by atoms with Gasteiger partial charge in [0.1, 0.15) is 6.29 Å². The molecular formula is C10H9Br2NO. The van der Waals surface area contributed by atoms with Gasteiger partial charge in [-0.1, -0.05) is 37.9 Å². The zero-order valence-corrected chi connectivity index (χ0v) is 10.6. The Morgan fingerprint density at radius 2 is 2.36 bits per heavy atom. The van der Waals surface area contributed by atoms with Gasteiger partial charge < -0.3 is 4.79 Å². The summed E-state index contributed by atoms with van der Waals surface area (Å²) in [5, 5.41) is 0. The molecule has 1 aromatic heterocycles. The molecule has 1 aliphatic rings. The van der Waals surface area contributed by atoms with Gasteiger partial charge >= 0.3 is 0 Å². The van der Waals surface area contributed by atoms with E-state index in [1.54, 1.807) is 6.20 Å². The van der Waals surface area contributed by atoms with Crippen molar-refractivity contribution in [1.29, 1.82) is 0 Å². The molecule has 74 valence electrons. The Kier molecular flexibility index (Phi) is 2.75. The van der Waals surface area contributed by atoms with Crippen LogP contribution in [-0.4, -0.2) is 14.5 Å². The molecule has 1 heterocycles. The molecule has 0 N–H and O–H groups in total. The average Bonchev–Trinajstić information content (AvgIpc) is 2.17. The van der Waals surface area contributed by atoms with Gasteiger partial charge in [0.2, 0.25) is 0 Å². The Bertz CT molecular complexity index is 365. The number of fused-ring (bicyclic) bond motifs is 1. The second kappa shape index (κ2) is 3.74. The molecule has 0 bridgehead atoms. The Morgan fingerprint density at radius 1 is 1.57 bits per heavy atom. The van der Waals surface area contributed by atoms with Crippen LogP contribution in [0.15, 0.2) is 18.3 Å². The predicted molar refractivity (Wildman–Crippen MR) is 61.9 cm³/mol. The number of pyridine rings is 1. The van der Waals surface area contributed by atoms with E-state index >= 15 is 0 Å². The van der Waals surface area contributed by atoms with E-state index < -0.39 is 0 Å². The van der Waals surface area contributed by atoms with Gasteiger partial charge in [-0.15, -0.1) is 0 Å². The first-order valence-electron chi connectivity index (χ1n) is 4.42. The first kappa shape index (κ1) is 10.3. The second-order valence-corrected chi connectivity index (χ2v) is 7.32. The van der Waals surface area contributed by atoms with Gasteiger partial charge in [-0.25, -0.2) is 0 Å². The van der Waals surface area contributed by atoms with E-state index in [1.807, 2.05) is 12.1 Å². The SMILES string of the molecule is O=CC1c2ncccc2CCC1(Br)Br. The number of hydrogen-bond donors (Lipinski definition) is 0. The molecule has 0 radical (unpaired) electrons. The van der Waals surface area contributed by atoms with Crippen LogP contribution in [0.25, 0.3) is 0 Å². The number of halogens is 2. The van der Waals surface area contributed by atoms with E-state index in [0.717, 1.165) is 24.8 Å². The topological polar surface area (TPSA) is 30.0 Å². The fourth-order valence-electron chi connectivity index (χ4n) is 1.76. The van der Waals surface area contributed by atoms with Gasteiger partial charge in [0.15, 0.2) is 0 Å². The highest BCUT2D eigenvalue weighted by atomic mass is 79.9. The lowest BCUT2D eigenvalue weighted by atomic mass is 9.87. The minimum atomic E-state index is -0.316. The minimum Gasteiger partial charge on any atom is -0.303 e. The van der Waals surface area contributed by atoms with Gasteiger partial charge in [0.25, 0.3) is 0 Å². The van der Waals surface area contributed by atoms with Gasteiger partial charge in [-0.05, 0) is 24.5 Å². The molecule has 0 aliphatic heterocycles. The van der Waals surface area contributed by atoms with Gasteiger partial charge in [-0.3, -0.25) is 4.98 Å². The second-order valence-electron chi connectivity index (χ2n) is 3.42. The maximum absolute atomic E-state index is 11.0. The fourth-order valence-corrected chi connectivity index (χ4v) is 2.81. The van der Waals surface area contributed by atoms with Gasteiger partial charge in [0, 0.05) is 6.20 Å². The Hall–Kier alpha value is -0.220. The predicted octanol–water partition coefficient (Wildman–Crippen LogP) is 2.80. The number of hydrogen-bond acceptors (Lipinski definition) is 2. The van der Waals surface area contributed by atoms with E-state index in [9.17, 15) is 4.79 Å². The van der Waals surface area contributed by atoms with Crippen LogP contribution in [0.3, 0.4) is 0 Å². The highest BCUT2D eigenvalue weighted by molar-refractivity contribution is 9.25. The third kappa shape index (κ3) is 1.65. The van der Waals surface area contributed by atoms with Crippen LogP contribution in [-0.2, 0) is 11.2 Å². The maximum Gasteiger partial charge on any atom is 0.131 e. The van der Waals surface area contributed by atoms with Crippen molar-refractivity contribution in [2.45, 2.75) is 22.0 Å². The lowest BCUT2D eigenvalue weighted by Gasteiger charge is -2.32. The molecule has 2 rings (SSSR count). The van der Waals surface area contributed by atoms with Crippen molar-refractivity contribution in [3.8, 4) is 0 Å². The molecule has 4 heteroatoms. The lowest BCUT2D eigenvalue weighted by Crippen LogP contribution is -2.30. The molecule has 0 spiro atoms. The molecule has 0 aromatic carbocycles. The summed E-state index contributed by atoms with van der Waals surface area (Å²) in [4.78, 5) is 15.3. The molecule has 1 unspecified atom stereocenters. The van der Waals surface area contributed by atoms with Crippen LogP contribution in [0.4, 0.5) is 0 Å². The molecule has 0 saturated carbocycles. The summed E-state index contributed by atoms with van der Waals surface area (Å²) < 4.78 is -0.316. The van der Waals surface area contributed by atoms with Crippen molar-refractivity contribution in [1.82, 2.24) is 4.98 Å². The Morgan fingerprint density at radius 3 is 3.07 bits per heavy atom. The zero-order valence-electron chi connectivity index (χ0n) is 7.41. The standard InChI is InChI=1S/C10H9Br2NO/c11-10(12)4-3-7-2-1-5-13-9(7)8(10)6-14/h1-2,5-6,8H,3-4H2. The molecule has 0 amide bonds. The molecule has 0 saturated heterocycles. The van der Waals surface area contributed by atoms with Crippen molar-refractivity contribution in [2.24, 2.45) is 0 Å². The summed E-state index contributed by atoms with van der Waals surface area (Å²) in [5.41, 5.74) is 2.07. The smallest absolute Gasteiger partial charge is 0.131 e. The van der Waals surface area contributed by atoms with Crippen molar-refractivity contribution in [3.63, 3.8) is 0 Å². The quantitative estimate of drug-likeness (QED) is 0.588. The molecular weight excluding hydrogens is 310 g/mol. The van der Waals surface area contributed by atoms with Gasteiger partial charge in [-0.2, -0.15) is 0 Å². The number of alkyl halides is 2. The first-order chi connectivity index (χ1) is 6.65.